The monoisotopic (exact) mass is 248 g/mol. The highest BCUT2D eigenvalue weighted by molar-refractivity contribution is 7.18. The van der Waals surface area contributed by atoms with Crippen molar-refractivity contribution in [1.82, 2.24) is 4.98 Å². The summed E-state index contributed by atoms with van der Waals surface area (Å²) in [5.74, 6) is 0.502. The van der Waals surface area contributed by atoms with E-state index in [9.17, 15) is 0 Å². The van der Waals surface area contributed by atoms with Gasteiger partial charge >= 0.3 is 0 Å². The third-order valence-electron chi connectivity index (χ3n) is 3.32. The van der Waals surface area contributed by atoms with E-state index < -0.39 is 0 Å². The zero-order valence-electron chi connectivity index (χ0n) is 9.63. The molecule has 90 valence electrons. The number of rotatable bonds is 3. The van der Waals surface area contributed by atoms with Crippen LogP contribution in [-0.4, -0.2) is 24.2 Å². The lowest BCUT2D eigenvalue weighted by molar-refractivity contribution is 0.180. The number of ether oxygens (including phenoxy) is 1. The largest absolute Gasteiger partial charge is 0.381 e. The predicted octanol–water partition coefficient (Wildman–Crippen LogP) is 2.20. The second kappa shape index (κ2) is 4.72. The van der Waals surface area contributed by atoms with Crippen LogP contribution in [-0.2, 0) is 11.2 Å². The van der Waals surface area contributed by atoms with Crippen molar-refractivity contribution in [2.24, 2.45) is 11.7 Å². The molecule has 2 heterocycles. The van der Waals surface area contributed by atoms with Crippen LogP contribution in [0, 0.1) is 5.92 Å². The Morgan fingerprint density at radius 2 is 2.35 bits per heavy atom. The maximum atomic E-state index is 6.22. The fraction of sp³-hybridized carbons (Fsp3) is 0.462. The fourth-order valence-corrected chi connectivity index (χ4v) is 3.30. The van der Waals surface area contributed by atoms with Gasteiger partial charge < -0.3 is 10.5 Å². The lowest BCUT2D eigenvalue weighted by atomic mass is 9.97. The zero-order valence-corrected chi connectivity index (χ0v) is 10.5. The molecule has 1 aliphatic rings. The van der Waals surface area contributed by atoms with Crippen LogP contribution in [0.25, 0.3) is 10.2 Å². The maximum Gasteiger partial charge on any atom is 0.0954 e. The van der Waals surface area contributed by atoms with Crippen molar-refractivity contribution in [1.29, 1.82) is 0 Å². The van der Waals surface area contributed by atoms with Gasteiger partial charge in [-0.25, -0.2) is 4.98 Å². The van der Waals surface area contributed by atoms with Crippen LogP contribution in [0.15, 0.2) is 24.3 Å². The summed E-state index contributed by atoms with van der Waals surface area (Å²) < 4.78 is 6.63. The summed E-state index contributed by atoms with van der Waals surface area (Å²) in [5.41, 5.74) is 7.31. The Kier molecular flexibility index (Phi) is 3.09. The maximum absolute atomic E-state index is 6.22. The SMILES string of the molecule is NC(Cc1nc2ccccc2s1)C1CCOC1. The molecular weight excluding hydrogens is 232 g/mol. The number of fused-ring (bicyclic) bond motifs is 1. The minimum Gasteiger partial charge on any atom is -0.381 e. The first kappa shape index (κ1) is 11.1. The standard InChI is InChI=1S/C13H16N2OS/c14-10(9-5-6-16-8-9)7-13-15-11-3-1-2-4-12(11)17-13/h1-4,9-10H,5-8,14H2. The second-order valence-corrected chi connectivity index (χ2v) is 5.68. The third kappa shape index (κ3) is 2.34. The Hall–Kier alpha value is -0.970. The van der Waals surface area contributed by atoms with Gasteiger partial charge in [-0.3, -0.25) is 0 Å². The molecule has 2 aromatic rings. The zero-order chi connectivity index (χ0) is 11.7. The number of hydrogen-bond donors (Lipinski definition) is 1. The predicted molar refractivity (Wildman–Crippen MR) is 70.2 cm³/mol. The van der Waals surface area contributed by atoms with Crippen molar-refractivity contribution in [3.63, 3.8) is 0 Å². The molecule has 2 atom stereocenters. The Bertz CT molecular complexity index is 472. The van der Waals surface area contributed by atoms with E-state index in [-0.39, 0.29) is 6.04 Å². The number of hydrogen-bond acceptors (Lipinski definition) is 4. The van der Waals surface area contributed by atoms with Crippen LogP contribution in [0.5, 0.6) is 0 Å². The number of para-hydroxylation sites is 1. The molecule has 3 nitrogen and oxygen atoms in total. The van der Waals surface area contributed by atoms with E-state index in [1.807, 2.05) is 6.07 Å². The highest BCUT2D eigenvalue weighted by Crippen LogP contribution is 2.24. The lowest BCUT2D eigenvalue weighted by Gasteiger charge is -2.15. The quantitative estimate of drug-likeness (QED) is 0.906. The van der Waals surface area contributed by atoms with E-state index >= 15 is 0 Å². The molecule has 1 saturated heterocycles. The fourth-order valence-electron chi connectivity index (χ4n) is 2.27. The van der Waals surface area contributed by atoms with Crippen LogP contribution in [0.1, 0.15) is 11.4 Å². The van der Waals surface area contributed by atoms with Gasteiger partial charge in [-0.1, -0.05) is 12.1 Å². The summed E-state index contributed by atoms with van der Waals surface area (Å²) in [6, 6.07) is 8.42. The molecule has 0 amide bonds. The molecule has 1 aromatic carbocycles. The van der Waals surface area contributed by atoms with Crippen molar-refractivity contribution in [2.45, 2.75) is 18.9 Å². The molecule has 1 fully saturated rings. The van der Waals surface area contributed by atoms with Crippen LogP contribution in [0.4, 0.5) is 0 Å². The van der Waals surface area contributed by atoms with Crippen molar-refractivity contribution >= 4 is 21.6 Å². The molecule has 3 rings (SSSR count). The summed E-state index contributed by atoms with van der Waals surface area (Å²) in [5, 5.41) is 1.14. The van der Waals surface area contributed by atoms with Gasteiger partial charge in [0.05, 0.1) is 21.8 Å². The first-order valence-corrected chi connectivity index (χ1v) is 6.82. The normalized spacial score (nSPS) is 22.1. The number of benzene rings is 1. The van der Waals surface area contributed by atoms with Gasteiger partial charge in [-0.15, -0.1) is 11.3 Å². The molecule has 0 aliphatic carbocycles. The van der Waals surface area contributed by atoms with Gasteiger partial charge in [0.1, 0.15) is 0 Å². The van der Waals surface area contributed by atoms with E-state index in [1.54, 1.807) is 11.3 Å². The molecule has 2 unspecified atom stereocenters. The number of thiazole rings is 1. The lowest BCUT2D eigenvalue weighted by Crippen LogP contribution is -2.32. The Balaban J connectivity index is 1.75. The van der Waals surface area contributed by atoms with Crippen LogP contribution >= 0.6 is 11.3 Å². The summed E-state index contributed by atoms with van der Waals surface area (Å²) >= 11 is 1.75. The van der Waals surface area contributed by atoms with Gasteiger partial charge in [-0.2, -0.15) is 0 Å². The van der Waals surface area contributed by atoms with E-state index in [2.05, 4.69) is 23.2 Å². The van der Waals surface area contributed by atoms with Gasteiger partial charge in [0.15, 0.2) is 0 Å². The first-order valence-electron chi connectivity index (χ1n) is 6.01. The molecule has 0 bridgehead atoms. The van der Waals surface area contributed by atoms with Gasteiger partial charge in [-0.05, 0) is 24.5 Å². The molecule has 2 N–H and O–H groups in total. The van der Waals surface area contributed by atoms with E-state index in [1.165, 1.54) is 4.70 Å². The average Bonchev–Trinajstić information content (AvgIpc) is 2.97. The number of nitrogens with zero attached hydrogens (tertiary/aromatic N) is 1. The summed E-state index contributed by atoms with van der Waals surface area (Å²) in [4.78, 5) is 4.62. The third-order valence-corrected chi connectivity index (χ3v) is 4.38. The Morgan fingerprint density at radius 1 is 1.47 bits per heavy atom. The van der Waals surface area contributed by atoms with Crippen molar-refractivity contribution in [2.75, 3.05) is 13.2 Å². The van der Waals surface area contributed by atoms with Gasteiger partial charge in [0.25, 0.3) is 0 Å². The van der Waals surface area contributed by atoms with Crippen molar-refractivity contribution < 1.29 is 4.74 Å². The van der Waals surface area contributed by atoms with E-state index in [0.29, 0.717) is 5.92 Å². The number of aromatic nitrogens is 1. The number of nitrogens with two attached hydrogens (primary N) is 1. The van der Waals surface area contributed by atoms with Crippen LogP contribution in [0.3, 0.4) is 0 Å². The molecule has 1 aliphatic heterocycles. The molecular formula is C13H16N2OS. The summed E-state index contributed by atoms with van der Waals surface area (Å²) in [7, 11) is 0. The van der Waals surface area contributed by atoms with Gasteiger partial charge in [0.2, 0.25) is 0 Å². The highest BCUT2D eigenvalue weighted by Gasteiger charge is 2.23. The minimum absolute atomic E-state index is 0.179. The molecule has 0 saturated carbocycles. The topological polar surface area (TPSA) is 48.1 Å². The smallest absolute Gasteiger partial charge is 0.0954 e. The Morgan fingerprint density at radius 3 is 3.12 bits per heavy atom. The van der Waals surface area contributed by atoms with E-state index in [0.717, 1.165) is 36.6 Å². The Labute approximate surface area is 105 Å². The molecule has 0 radical (unpaired) electrons. The molecule has 1 aromatic heterocycles. The minimum atomic E-state index is 0.179. The van der Waals surface area contributed by atoms with Gasteiger partial charge in [0, 0.05) is 19.1 Å². The van der Waals surface area contributed by atoms with Crippen LogP contribution < -0.4 is 5.73 Å². The average molecular weight is 248 g/mol. The summed E-state index contributed by atoms with van der Waals surface area (Å²) in [6.45, 7) is 1.67. The first-order chi connectivity index (χ1) is 8.33. The van der Waals surface area contributed by atoms with Crippen molar-refractivity contribution in [3.05, 3.63) is 29.3 Å². The van der Waals surface area contributed by atoms with Crippen molar-refractivity contribution in [3.8, 4) is 0 Å². The summed E-state index contributed by atoms with van der Waals surface area (Å²) in [6.07, 6.45) is 1.96. The molecule has 17 heavy (non-hydrogen) atoms. The molecule has 0 spiro atoms. The second-order valence-electron chi connectivity index (χ2n) is 4.57. The molecule has 4 heteroatoms. The van der Waals surface area contributed by atoms with Crippen LogP contribution in [0.2, 0.25) is 0 Å². The highest BCUT2D eigenvalue weighted by atomic mass is 32.1. The van der Waals surface area contributed by atoms with E-state index in [4.69, 9.17) is 10.5 Å².